The van der Waals surface area contributed by atoms with Crippen molar-refractivity contribution in [2.24, 2.45) is 0 Å². The summed E-state index contributed by atoms with van der Waals surface area (Å²) in [6.07, 6.45) is 8.76. The zero-order valence-corrected chi connectivity index (χ0v) is 21.6. The highest BCUT2D eigenvalue weighted by Gasteiger charge is 2.67. The Bertz CT molecular complexity index is 1190. The first-order valence-corrected chi connectivity index (χ1v) is 13.6. The predicted octanol–water partition coefficient (Wildman–Crippen LogP) is 5.58. The van der Waals surface area contributed by atoms with Crippen molar-refractivity contribution >= 4 is 33.3 Å². The van der Waals surface area contributed by atoms with Crippen molar-refractivity contribution in [3.8, 4) is 0 Å². The van der Waals surface area contributed by atoms with Crippen LogP contribution in [0.15, 0.2) is 53.4 Å². The Balaban J connectivity index is 1.93. The average Bonchev–Trinajstić information content (AvgIpc) is 2.87. The lowest BCUT2D eigenvalue weighted by molar-refractivity contribution is -0.222. The molecule has 0 saturated heterocycles. The highest BCUT2D eigenvalue weighted by atomic mass is 32.2. The fourth-order valence-corrected chi connectivity index (χ4v) is 4.60. The maximum atomic E-state index is 13.5. The molecular formula is C25H31F4N3O5S. The van der Waals surface area contributed by atoms with E-state index in [0.29, 0.717) is 0 Å². The van der Waals surface area contributed by atoms with Gasteiger partial charge in [0.25, 0.3) is 10.0 Å². The first-order valence-electron chi connectivity index (χ1n) is 12.1. The van der Waals surface area contributed by atoms with E-state index in [1.807, 2.05) is 11.5 Å². The van der Waals surface area contributed by atoms with E-state index in [1.165, 1.54) is 61.4 Å². The average molecular weight is 562 g/mol. The fourth-order valence-electron chi connectivity index (χ4n) is 3.47. The van der Waals surface area contributed by atoms with E-state index in [-0.39, 0.29) is 16.3 Å². The SMILES string of the molecule is CCCCCCCCCc1cccc(S(=O)(=O)Nc2ccc(NNC(=O)C(F)(F)C(F)(F)C(=O)O)cc2)c1. The van der Waals surface area contributed by atoms with Gasteiger partial charge in [0.05, 0.1) is 10.6 Å². The normalized spacial score (nSPS) is 12.1. The number of unbranched alkanes of at least 4 members (excludes halogenated alkanes) is 6. The van der Waals surface area contributed by atoms with E-state index in [0.717, 1.165) is 31.2 Å². The lowest BCUT2D eigenvalue weighted by atomic mass is 10.0. The number of sulfonamides is 1. The lowest BCUT2D eigenvalue weighted by Gasteiger charge is -2.22. The molecule has 0 atom stereocenters. The third-order valence-electron chi connectivity index (χ3n) is 5.68. The largest absolute Gasteiger partial charge is 0.477 e. The Morgan fingerprint density at radius 2 is 1.42 bits per heavy atom. The Labute approximate surface area is 218 Å². The fraction of sp³-hybridized carbons (Fsp3) is 0.440. The van der Waals surface area contributed by atoms with Crippen LogP contribution in [0.5, 0.6) is 0 Å². The Hall–Kier alpha value is -3.35. The minimum atomic E-state index is -5.62. The van der Waals surface area contributed by atoms with E-state index < -0.39 is 33.7 Å². The monoisotopic (exact) mass is 561 g/mol. The van der Waals surface area contributed by atoms with Crippen LogP contribution in [-0.4, -0.2) is 37.2 Å². The summed E-state index contributed by atoms with van der Waals surface area (Å²) in [5.41, 5.74) is 4.20. The minimum absolute atomic E-state index is 0.0626. The number of carbonyl (C=O) groups is 2. The van der Waals surface area contributed by atoms with E-state index in [2.05, 4.69) is 11.6 Å². The summed E-state index contributed by atoms with van der Waals surface area (Å²) < 4.78 is 81.1. The molecule has 0 fully saturated rings. The number of anilines is 2. The molecule has 38 heavy (non-hydrogen) atoms. The first kappa shape index (κ1) is 30.9. The van der Waals surface area contributed by atoms with Crippen molar-refractivity contribution in [2.75, 3.05) is 10.1 Å². The molecule has 0 aliphatic heterocycles. The van der Waals surface area contributed by atoms with Crippen LogP contribution >= 0.6 is 0 Å². The predicted molar refractivity (Wildman–Crippen MR) is 135 cm³/mol. The molecule has 2 aromatic carbocycles. The second-order valence-electron chi connectivity index (χ2n) is 8.73. The van der Waals surface area contributed by atoms with E-state index in [1.54, 1.807) is 12.1 Å². The van der Waals surface area contributed by atoms with Gasteiger partial charge in [0.2, 0.25) is 0 Å². The molecule has 0 saturated carbocycles. The number of carbonyl (C=O) groups excluding carboxylic acids is 1. The van der Waals surface area contributed by atoms with Gasteiger partial charge < -0.3 is 5.11 Å². The molecular weight excluding hydrogens is 530 g/mol. The smallest absolute Gasteiger partial charge is 0.413 e. The van der Waals surface area contributed by atoms with Crippen LogP contribution in [0.3, 0.4) is 0 Å². The lowest BCUT2D eigenvalue weighted by Crippen LogP contribution is -2.57. The molecule has 2 rings (SSSR count). The van der Waals surface area contributed by atoms with Gasteiger partial charge in [-0.2, -0.15) is 17.6 Å². The molecule has 2 aromatic rings. The van der Waals surface area contributed by atoms with Crippen molar-refractivity contribution in [2.45, 2.75) is 75.0 Å². The topological polar surface area (TPSA) is 125 Å². The molecule has 0 bridgehead atoms. The number of hydrazine groups is 1. The van der Waals surface area contributed by atoms with Crippen molar-refractivity contribution in [3.05, 3.63) is 54.1 Å². The molecule has 0 aromatic heterocycles. The molecule has 8 nitrogen and oxygen atoms in total. The maximum Gasteiger partial charge on any atom is 0.413 e. The molecule has 13 heteroatoms. The van der Waals surface area contributed by atoms with Crippen LogP contribution in [0, 0.1) is 0 Å². The van der Waals surface area contributed by atoms with E-state index in [9.17, 15) is 35.6 Å². The number of aryl methyl sites for hydroxylation is 1. The summed E-state index contributed by atoms with van der Waals surface area (Å²) in [6, 6.07) is 11.4. The van der Waals surface area contributed by atoms with Gasteiger partial charge in [0, 0.05) is 5.69 Å². The van der Waals surface area contributed by atoms with Gasteiger partial charge in [-0.25, -0.2) is 13.2 Å². The summed E-state index contributed by atoms with van der Waals surface area (Å²) in [5.74, 6) is -16.9. The summed E-state index contributed by atoms with van der Waals surface area (Å²) in [4.78, 5) is 21.8. The number of hydrogen-bond donors (Lipinski definition) is 4. The van der Waals surface area contributed by atoms with Crippen molar-refractivity contribution in [1.29, 1.82) is 0 Å². The second kappa shape index (κ2) is 13.4. The molecule has 0 aliphatic rings. The standard InChI is InChI=1S/C25H31F4N3O5S/c1-2-3-4-5-6-7-8-10-18-11-9-12-21(17-18)38(36,37)32-20-15-13-19(14-16-20)30-31-22(33)24(26,27)25(28,29)23(34)35/h9,11-17,30,32H,2-8,10H2,1H3,(H,31,33)(H,34,35). The second-order valence-corrected chi connectivity index (χ2v) is 10.4. The molecule has 0 unspecified atom stereocenters. The van der Waals surface area contributed by atoms with Crippen molar-refractivity contribution < 1.29 is 40.7 Å². The molecule has 0 spiro atoms. The zero-order valence-electron chi connectivity index (χ0n) is 20.8. The Morgan fingerprint density at radius 1 is 0.842 bits per heavy atom. The van der Waals surface area contributed by atoms with Crippen LogP contribution < -0.4 is 15.6 Å². The number of carboxylic acids is 1. The zero-order chi connectivity index (χ0) is 28.4. The van der Waals surface area contributed by atoms with Crippen LogP contribution in [0.25, 0.3) is 0 Å². The number of hydrogen-bond acceptors (Lipinski definition) is 5. The number of aliphatic carboxylic acids is 1. The van der Waals surface area contributed by atoms with Gasteiger partial charge in [0.15, 0.2) is 0 Å². The highest BCUT2D eigenvalue weighted by Crippen LogP contribution is 2.34. The van der Waals surface area contributed by atoms with E-state index in [4.69, 9.17) is 5.11 Å². The Kier molecular flexibility index (Phi) is 10.9. The highest BCUT2D eigenvalue weighted by molar-refractivity contribution is 7.92. The third-order valence-corrected chi connectivity index (χ3v) is 7.06. The molecule has 210 valence electrons. The van der Waals surface area contributed by atoms with Gasteiger partial charge in [-0.15, -0.1) is 0 Å². The molecule has 0 aliphatic carbocycles. The quantitative estimate of drug-likeness (QED) is 0.121. The molecule has 0 heterocycles. The number of amides is 1. The van der Waals surface area contributed by atoms with Gasteiger partial charge in [-0.3, -0.25) is 20.4 Å². The number of alkyl halides is 4. The van der Waals surface area contributed by atoms with E-state index >= 15 is 0 Å². The van der Waals surface area contributed by atoms with Crippen LogP contribution in [0.2, 0.25) is 0 Å². The molecule has 1 amide bonds. The van der Waals surface area contributed by atoms with Crippen LogP contribution in [0.1, 0.15) is 57.4 Å². The first-order chi connectivity index (χ1) is 17.8. The molecule has 4 N–H and O–H groups in total. The Morgan fingerprint density at radius 3 is 2.03 bits per heavy atom. The van der Waals surface area contributed by atoms with Crippen molar-refractivity contribution in [3.63, 3.8) is 0 Å². The number of rotatable bonds is 16. The number of benzene rings is 2. The number of nitrogens with one attached hydrogen (secondary N) is 3. The number of carboxylic acid groups (broad SMARTS) is 1. The van der Waals surface area contributed by atoms with Gasteiger partial charge in [0.1, 0.15) is 0 Å². The van der Waals surface area contributed by atoms with Crippen molar-refractivity contribution in [1.82, 2.24) is 5.43 Å². The maximum absolute atomic E-state index is 13.5. The summed E-state index contributed by atoms with van der Waals surface area (Å²) in [5, 5.41) is 8.23. The van der Waals surface area contributed by atoms with Crippen LogP contribution in [0.4, 0.5) is 28.9 Å². The summed E-state index contributed by atoms with van der Waals surface area (Å²) >= 11 is 0. The molecule has 0 radical (unpaired) electrons. The third kappa shape index (κ3) is 8.33. The van der Waals surface area contributed by atoms with Gasteiger partial charge >= 0.3 is 23.7 Å². The summed E-state index contributed by atoms with van der Waals surface area (Å²) in [6.45, 7) is 2.16. The van der Waals surface area contributed by atoms with Crippen LogP contribution in [-0.2, 0) is 26.0 Å². The summed E-state index contributed by atoms with van der Waals surface area (Å²) in [7, 11) is -3.94. The van der Waals surface area contributed by atoms with Gasteiger partial charge in [-0.1, -0.05) is 57.6 Å². The number of halogens is 4. The minimum Gasteiger partial charge on any atom is -0.477 e. The van der Waals surface area contributed by atoms with Gasteiger partial charge in [-0.05, 0) is 54.8 Å².